The van der Waals surface area contributed by atoms with Crippen molar-refractivity contribution in [2.24, 2.45) is 0 Å². The van der Waals surface area contributed by atoms with E-state index >= 15 is 0 Å². The molecule has 0 spiro atoms. The highest BCUT2D eigenvalue weighted by Crippen LogP contribution is 2.22. The molecule has 18 heavy (non-hydrogen) atoms. The summed E-state index contributed by atoms with van der Waals surface area (Å²) in [4.78, 5) is 0. The third-order valence-corrected chi connectivity index (χ3v) is 4.12. The van der Waals surface area contributed by atoms with E-state index in [0.717, 1.165) is 10.0 Å². The molecule has 1 N–H and O–H groups in total. The van der Waals surface area contributed by atoms with Gasteiger partial charge in [0.15, 0.2) is 0 Å². The number of nitriles is 1. The van der Waals surface area contributed by atoms with Crippen LogP contribution in [0.5, 0.6) is 0 Å². The molecule has 1 fully saturated rings. The number of hydrogen-bond acceptors (Lipinski definition) is 2. The van der Waals surface area contributed by atoms with Crippen molar-refractivity contribution in [1.29, 1.82) is 5.26 Å². The number of benzene rings is 1. The first-order valence-corrected chi connectivity index (χ1v) is 7.50. The highest BCUT2D eigenvalue weighted by Gasteiger charge is 2.17. The lowest BCUT2D eigenvalue weighted by molar-refractivity contribution is 0.436. The molecule has 2 nitrogen and oxygen atoms in total. The van der Waals surface area contributed by atoms with Crippen LogP contribution >= 0.6 is 15.9 Å². The summed E-state index contributed by atoms with van der Waals surface area (Å²) in [6.07, 6.45) is 7.66. The Morgan fingerprint density at radius 2 is 1.72 bits per heavy atom. The van der Waals surface area contributed by atoms with Gasteiger partial charge < -0.3 is 0 Å². The van der Waals surface area contributed by atoms with E-state index in [9.17, 15) is 5.26 Å². The van der Waals surface area contributed by atoms with Gasteiger partial charge in [-0.1, -0.05) is 53.7 Å². The zero-order valence-electron chi connectivity index (χ0n) is 10.5. The molecule has 3 heteroatoms. The SMILES string of the molecule is N#CC(NC1CCCCCC1)c1ccc(Br)cc1. The summed E-state index contributed by atoms with van der Waals surface area (Å²) in [5, 5.41) is 12.8. The van der Waals surface area contributed by atoms with E-state index in [-0.39, 0.29) is 6.04 Å². The highest BCUT2D eigenvalue weighted by molar-refractivity contribution is 9.10. The number of rotatable bonds is 3. The maximum absolute atomic E-state index is 9.33. The molecule has 2 rings (SSSR count). The lowest BCUT2D eigenvalue weighted by Gasteiger charge is -2.20. The molecule has 0 radical (unpaired) electrons. The molecule has 0 amide bonds. The number of nitrogens with zero attached hydrogens (tertiary/aromatic N) is 1. The topological polar surface area (TPSA) is 35.8 Å². The molecular formula is C15H19BrN2. The summed E-state index contributed by atoms with van der Waals surface area (Å²) in [6.45, 7) is 0. The highest BCUT2D eigenvalue weighted by atomic mass is 79.9. The predicted molar refractivity (Wildman–Crippen MR) is 77.1 cm³/mol. The van der Waals surface area contributed by atoms with Gasteiger partial charge in [-0.25, -0.2) is 0 Å². The molecule has 1 aromatic rings. The predicted octanol–water partition coefficient (Wildman–Crippen LogP) is 4.33. The van der Waals surface area contributed by atoms with Gasteiger partial charge in [-0.05, 0) is 30.5 Å². The largest absolute Gasteiger partial charge is 0.295 e. The van der Waals surface area contributed by atoms with Gasteiger partial charge in [0.2, 0.25) is 0 Å². The standard InChI is InChI=1S/C15H19BrN2/c16-13-9-7-12(8-10-13)15(11-17)18-14-5-3-1-2-4-6-14/h7-10,14-15,18H,1-6H2. The van der Waals surface area contributed by atoms with Gasteiger partial charge in [0, 0.05) is 10.5 Å². The van der Waals surface area contributed by atoms with E-state index in [1.807, 2.05) is 24.3 Å². The Morgan fingerprint density at radius 1 is 1.11 bits per heavy atom. The molecular weight excluding hydrogens is 288 g/mol. The van der Waals surface area contributed by atoms with Crippen LogP contribution in [0.4, 0.5) is 0 Å². The Balaban J connectivity index is 2.00. The first-order chi connectivity index (χ1) is 8.79. The average Bonchev–Trinajstić information content (AvgIpc) is 2.66. The van der Waals surface area contributed by atoms with Crippen molar-refractivity contribution in [1.82, 2.24) is 5.32 Å². The molecule has 0 aliphatic heterocycles. The van der Waals surface area contributed by atoms with E-state index in [4.69, 9.17) is 0 Å². The van der Waals surface area contributed by atoms with Crippen LogP contribution in [-0.2, 0) is 0 Å². The maximum atomic E-state index is 9.33. The summed E-state index contributed by atoms with van der Waals surface area (Å²) in [6, 6.07) is 10.7. The van der Waals surface area contributed by atoms with Crippen LogP contribution in [0.25, 0.3) is 0 Å². The molecule has 96 valence electrons. The van der Waals surface area contributed by atoms with Gasteiger partial charge in [0.1, 0.15) is 6.04 Å². The van der Waals surface area contributed by atoms with Crippen LogP contribution < -0.4 is 5.32 Å². The van der Waals surface area contributed by atoms with Gasteiger partial charge >= 0.3 is 0 Å². The zero-order chi connectivity index (χ0) is 12.8. The summed E-state index contributed by atoms with van der Waals surface area (Å²) in [7, 11) is 0. The second-order valence-corrected chi connectivity index (χ2v) is 5.88. The molecule has 1 aromatic carbocycles. The Hall–Kier alpha value is -0.850. The van der Waals surface area contributed by atoms with Gasteiger partial charge in [0.25, 0.3) is 0 Å². The van der Waals surface area contributed by atoms with Crippen LogP contribution in [0, 0.1) is 11.3 Å². The number of nitrogens with one attached hydrogen (secondary N) is 1. The van der Waals surface area contributed by atoms with E-state index in [1.54, 1.807) is 0 Å². The summed E-state index contributed by atoms with van der Waals surface area (Å²) in [5.41, 5.74) is 1.06. The first-order valence-electron chi connectivity index (χ1n) is 6.71. The van der Waals surface area contributed by atoms with E-state index in [0.29, 0.717) is 6.04 Å². The van der Waals surface area contributed by atoms with Gasteiger partial charge in [-0.15, -0.1) is 0 Å². The van der Waals surface area contributed by atoms with E-state index in [1.165, 1.54) is 38.5 Å². The van der Waals surface area contributed by atoms with Crippen LogP contribution in [0.15, 0.2) is 28.7 Å². The van der Waals surface area contributed by atoms with Crippen molar-refractivity contribution in [3.8, 4) is 6.07 Å². The fraction of sp³-hybridized carbons (Fsp3) is 0.533. The van der Waals surface area contributed by atoms with Crippen molar-refractivity contribution >= 4 is 15.9 Å². The Bertz CT molecular complexity index is 399. The molecule has 0 aromatic heterocycles. The van der Waals surface area contributed by atoms with Crippen molar-refractivity contribution in [3.63, 3.8) is 0 Å². The van der Waals surface area contributed by atoms with Crippen molar-refractivity contribution in [2.75, 3.05) is 0 Å². The van der Waals surface area contributed by atoms with Gasteiger partial charge in [0.05, 0.1) is 6.07 Å². The third kappa shape index (κ3) is 3.83. The average molecular weight is 307 g/mol. The minimum Gasteiger partial charge on any atom is -0.295 e. The molecule has 0 heterocycles. The molecule has 1 saturated carbocycles. The van der Waals surface area contributed by atoms with Crippen LogP contribution in [0.1, 0.15) is 50.1 Å². The van der Waals surface area contributed by atoms with E-state index in [2.05, 4.69) is 27.3 Å². The van der Waals surface area contributed by atoms with Gasteiger partial charge in [-0.3, -0.25) is 5.32 Å². The number of hydrogen-bond donors (Lipinski definition) is 1. The van der Waals surface area contributed by atoms with Gasteiger partial charge in [-0.2, -0.15) is 5.26 Å². The summed E-state index contributed by atoms with van der Waals surface area (Å²) >= 11 is 3.42. The smallest absolute Gasteiger partial charge is 0.121 e. The minimum atomic E-state index is -0.179. The second-order valence-electron chi connectivity index (χ2n) is 4.97. The van der Waals surface area contributed by atoms with Crippen LogP contribution in [0.2, 0.25) is 0 Å². The zero-order valence-corrected chi connectivity index (χ0v) is 12.1. The Kier molecular flexibility index (Phi) is 5.22. The quantitative estimate of drug-likeness (QED) is 0.844. The monoisotopic (exact) mass is 306 g/mol. The fourth-order valence-corrected chi connectivity index (χ4v) is 2.81. The third-order valence-electron chi connectivity index (χ3n) is 3.59. The summed E-state index contributed by atoms with van der Waals surface area (Å²) in [5.74, 6) is 0. The van der Waals surface area contributed by atoms with Crippen molar-refractivity contribution < 1.29 is 0 Å². The van der Waals surface area contributed by atoms with Crippen molar-refractivity contribution in [2.45, 2.75) is 50.6 Å². The minimum absolute atomic E-state index is 0.179. The van der Waals surface area contributed by atoms with Crippen molar-refractivity contribution in [3.05, 3.63) is 34.3 Å². The lowest BCUT2D eigenvalue weighted by Crippen LogP contribution is -2.31. The van der Waals surface area contributed by atoms with E-state index < -0.39 is 0 Å². The Morgan fingerprint density at radius 3 is 2.28 bits per heavy atom. The van der Waals surface area contributed by atoms with Crippen LogP contribution in [0.3, 0.4) is 0 Å². The molecule has 1 atom stereocenters. The normalized spacial score (nSPS) is 18.9. The molecule has 0 bridgehead atoms. The second kappa shape index (κ2) is 6.92. The van der Waals surface area contributed by atoms with Crippen LogP contribution in [-0.4, -0.2) is 6.04 Å². The summed E-state index contributed by atoms with van der Waals surface area (Å²) < 4.78 is 1.05. The molecule has 1 aliphatic carbocycles. The maximum Gasteiger partial charge on any atom is 0.121 e. The lowest BCUT2D eigenvalue weighted by atomic mass is 10.0. The molecule has 1 unspecified atom stereocenters. The molecule has 1 aliphatic rings. The fourth-order valence-electron chi connectivity index (χ4n) is 2.54. The molecule has 0 saturated heterocycles. The first kappa shape index (κ1) is 13.6. The number of halogens is 1. The Labute approximate surface area is 118 Å².